The van der Waals surface area contributed by atoms with Crippen molar-refractivity contribution in [3.05, 3.63) is 82.9 Å². The summed E-state index contributed by atoms with van der Waals surface area (Å²) < 4.78 is 5.47. The van der Waals surface area contributed by atoms with Gasteiger partial charge in [0.05, 0.1) is 17.7 Å². The second-order valence-electron chi connectivity index (χ2n) is 6.75. The molecule has 2 aromatic carbocycles. The van der Waals surface area contributed by atoms with Crippen molar-refractivity contribution in [2.45, 2.75) is 20.4 Å². The number of nitrogens with one attached hydrogen (secondary N) is 1. The van der Waals surface area contributed by atoms with Crippen LogP contribution < -0.4 is 10.1 Å². The lowest BCUT2D eigenvalue weighted by atomic mass is 10.0. The quantitative estimate of drug-likeness (QED) is 0.457. The third-order valence-electron chi connectivity index (χ3n) is 4.69. The first-order chi connectivity index (χ1) is 14.2. The Balaban J connectivity index is 1.61. The Morgan fingerprint density at radius 3 is 2.66 bits per heavy atom. The molecule has 0 aliphatic carbocycles. The first kappa shape index (κ1) is 19.2. The van der Waals surface area contributed by atoms with Crippen molar-refractivity contribution in [3.63, 3.8) is 0 Å². The van der Waals surface area contributed by atoms with E-state index < -0.39 is 0 Å². The number of nitrogens with zero attached hydrogens (tertiary/aromatic N) is 1. The van der Waals surface area contributed by atoms with Crippen LogP contribution in [0.2, 0.25) is 0 Å². The average Bonchev–Trinajstić information content (AvgIpc) is 3.27. The number of aryl methyl sites for hydroxylation is 1. The number of rotatable bonds is 6. The fourth-order valence-corrected chi connectivity index (χ4v) is 4.10. The molecule has 1 amide bonds. The average molecular weight is 403 g/mol. The van der Waals surface area contributed by atoms with Gasteiger partial charge in [0.15, 0.2) is 0 Å². The fraction of sp³-hybridized carbons (Fsp3) is 0.167. The molecular formula is C24H22N2O2S. The SMILES string of the molecule is CCOc1ccc(CNC(=O)c2cc(C)nc3c(-c4cccs4)cccc23)cc1. The van der Waals surface area contributed by atoms with Gasteiger partial charge in [-0.05, 0) is 49.1 Å². The predicted octanol–water partition coefficient (Wildman–Crippen LogP) is 5.60. The largest absolute Gasteiger partial charge is 0.494 e. The Morgan fingerprint density at radius 2 is 1.93 bits per heavy atom. The number of para-hydroxylation sites is 1. The van der Waals surface area contributed by atoms with Gasteiger partial charge in [0.2, 0.25) is 0 Å². The highest BCUT2D eigenvalue weighted by atomic mass is 32.1. The van der Waals surface area contributed by atoms with E-state index in [-0.39, 0.29) is 5.91 Å². The van der Waals surface area contributed by atoms with Crippen molar-refractivity contribution in [2.24, 2.45) is 0 Å². The fourth-order valence-electron chi connectivity index (χ4n) is 3.34. The molecule has 0 aliphatic rings. The van der Waals surface area contributed by atoms with Gasteiger partial charge in [0.25, 0.3) is 5.91 Å². The number of hydrogen-bond acceptors (Lipinski definition) is 4. The third-order valence-corrected chi connectivity index (χ3v) is 5.59. The first-order valence-electron chi connectivity index (χ1n) is 9.60. The van der Waals surface area contributed by atoms with Crippen molar-refractivity contribution in [2.75, 3.05) is 6.61 Å². The van der Waals surface area contributed by atoms with Gasteiger partial charge in [-0.3, -0.25) is 9.78 Å². The zero-order valence-electron chi connectivity index (χ0n) is 16.4. The molecule has 1 N–H and O–H groups in total. The number of aromatic nitrogens is 1. The molecule has 0 atom stereocenters. The summed E-state index contributed by atoms with van der Waals surface area (Å²) in [7, 11) is 0. The number of carbonyl (C=O) groups is 1. The molecule has 0 spiro atoms. The van der Waals surface area contributed by atoms with E-state index >= 15 is 0 Å². The van der Waals surface area contributed by atoms with Gasteiger partial charge in [0.1, 0.15) is 5.75 Å². The van der Waals surface area contributed by atoms with E-state index in [1.807, 2.05) is 62.4 Å². The third kappa shape index (κ3) is 4.15. The van der Waals surface area contributed by atoms with Crippen LogP contribution in [0.15, 0.2) is 66.0 Å². The minimum absolute atomic E-state index is 0.0993. The molecule has 0 radical (unpaired) electrons. The van der Waals surface area contributed by atoms with Gasteiger partial charge in [-0.1, -0.05) is 36.4 Å². The van der Waals surface area contributed by atoms with Gasteiger partial charge < -0.3 is 10.1 Å². The van der Waals surface area contributed by atoms with Crippen LogP contribution in [0.1, 0.15) is 28.5 Å². The first-order valence-corrected chi connectivity index (χ1v) is 10.5. The van der Waals surface area contributed by atoms with Crippen LogP contribution in [-0.4, -0.2) is 17.5 Å². The number of pyridine rings is 1. The number of carbonyl (C=O) groups excluding carboxylic acids is 1. The second kappa shape index (κ2) is 8.45. The predicted molar refractivity (Wildman–Crippen MR) is 119 cm³/mol. The minimum Gasteiger partial charge on any atom is -0.494 e. The summed E-state index contributed by atoms with van der Waals surface area (Å²) in [6.07, 6.45) is 0. The van der Waals surface area contributed by atoms with E-state index in [0.717, 1.165) is 38.4 Å². The number of ether oxygens (including phenoxy) is 1. The van der Waals surface area contributed by atoms with Gasteiger partial charge in [-0.2, -0.15) is 0 Å². The molecular weight excluding hydrogens is 380 g/mol. The van der Waals surface area contributed by atoms with E-state index in [1.165, 1.54) is 0 Å². The topological polar surface area (TPSA) is 51.2 Å². The highest BCUT2D eigenvalue weighted by molar-refractivity contribution is 7.13. The van der Waals surface area contributed by atoms with Crippen LogP contribution in [0.25, 0.3) is 21.3 Å². The molecule has 4 nitrogen and oxygen atoms in total. The van der Waals surface area contributed by atoms with Crippen LogP contribution >= 0.6 is 11.3 Å². The summed E-state index contributed by atoms with van der Waals surface area (Å²) >= 11 is 1.67. The lowest BCUT2D eigenvalue weighted by Gasteiger charge is -2.12. The maximum atomic E-state index is 13.0. The van der Waals surface area contributed by atoms with Crippen LogP contribution in [0, 0.1) is 6.92 Å². The van der Waals surface area contributed by atoms with E-state index in [0.29, 0.717) is 18.7 Å². The molecule has 2 aromatic heterocycles. The van der Waals surface area contributed by atoms with Crippen molar-refractivity contribution < 1.29 is 9.53 Å². The standard InChI is InChI=1S/C24H22N2O2S/c1-3-28-18-11-9-17(10-12-18)15-25-24(27)21-14-16(2)26-23-19(21)6-4-7-20(23)22-8-5-13-29-22/h4-14H,3,15H2,1-2H3,(H,25,27). The number of fused-ring (bicyclic) bond motifs is 1. The Hall–Kier alpha value is -3.18. The Bertz CT molecular complexity index is 1140. The van der Waals surface area contributed by atoms with Gasteiger partial charge >= 0.3 is 0 Å². The summed E-state index contributed by atoms with van der Waals surface area (Å²) in [5.74, 6) is 0.733. The Kier molecular flexibility index (Phi) is 5.58. The number of amides is 1. The van der Waals surface area contributed by atoms with Gasteiger partial charge in [0, 0.05) is 28.1 Å². The molecule has 4 rings (SSSR count). The minimum atomic E-state index is -0.0993. The van der Waals surface area contributed by atoms with Crippen molar-refractivity contribution in [1.29, 1.82) is 0 Å². The van der Waals surface area contributed by atoms with E-state index in [1.54, 1.807) is 11.3 Å². The monoisotopic (exact) mass is 402 g/mol. The molecule has 29 heavy (non-hydrogen) atoms. The molecule has 0 aliphatic heterocycles. The molecule has 0 unspecified atom stereocenters. The second-order valence-corrected chi connectivity index (χ2v) is 7.70. The van der Waals surface area contributed by atoms with E-state index in [2.05, 4.69) is 22.8 Å². The smallest absolute Gasteiger partial charge is 0.252 e. The molecule has 2 heterocycles. The lowest BCUT2D eigenvalue weighted by molar-refractivity contribution is 0.0952. The summed E-state index contributed by atoms with van der Waals surface area (Å²) in [5, 5.41) is 5.95. The van der Waals surface area contributed by atoms with Crippen molar-refractivity contribution >= 4 is 28.1 Å². The number of thiophene rings is 1. The maximum absolute atomic E-state index is 13.0. The molecule has 4 aromatic rings. The molecule has 0 fully saturated rings. The maximum Gasteiger partial charge on any atom is 0.252 e. The highest BCUT2D eigenvalue weighted by Crippen LogP contribution is 2.32. The van der Waals surface area contributed by atoms with Gasteiger partial charge in [-0.15, -0.1) is 11.3 Å². The Labute approximate surface area is 174 Å². The number of benzene rings is 2. The lowest BCUT2D eigenvalue weighted by Crippen LogP contribution is -2.23. The van der Waals surface area contributed by atoms with Gasteiger partial charge in [-0.25, -0.2) is 0 Å². The molecule has 0 saturated heterocycles. The highest BCUT2D eigenvalue weighted by Gasteiger charge is 2.15. The summed E-state index contributed by atoms with van der Waals surface area (Å²) in [6, 6.07) is 19.7. The zero-order chi connectivity index (χ0) is 20.2. The van der Waals surface area contributed by atoms with Crippen LogP contribution in [0.5, 0.6) is 5.75 Å². The zero-order valence-corrected chi connectivity index (χ0v) is 17.3. The normalized spacial score (nSPS) is 10.8. The van der Waals surface area contributed by atoms with Crippen molar-refractivity contribution in [1.82, 2.24) is 10.3 Å². The summed E-state index contributed by atoms with van der Waals surface area (Å²) in [5.41, 5.74) is 4.42. The Morgan fingerprint density at radius 1 is 1.10 bits per heavy atom. The van der Waals surface area contributed by atoms with E-state index in [4.69, 9.17) is 9.72 Å². The summed E-state index contributed by atoms with van der Waals surface area (Å²) in [4.78, 5) is 18.9. The molecule has 146 valence electrons. The van der Waals surface area contributed by atoms with Crippen LogP contribution in [0.3, 0.4) is 0 Å². The van der Waals surface area contributed by atoms with Crippen LogP contribution in [-0.2, 0) is 6.54 Å². The summed E-state index contributed by atoms with van der Waals surface area (Å²) in [6.45, 7) is 4.98. The van der Waals surface area contributed by atoms with Crippen LogP contribution in [0.4, 0.5) is 0 Å². The van der Waals surface area contributed by atoms with E-state index in [9.17, 15) is 4.79 Å². The number of hydrogen-bond donors (Lipinski definition) is 1. The molecule has 0 saturated carbocycles. The van der Waals surface area contributed by atoms with Crippen molar-refractivity contribution in [3.8, 4) is 16.2 Å². The molecule has 5 heteroatoms. The molecule has 0 bridgehead atoms.